The van der Waals surface area contributed by atoms with Gasteiger partial charge < -0.3 is 5.32 Å². The smallest absolute Gasteiger partial charge is 0.264 e. The predicted molar refractivity (Wildman–Crippen MR) is 133 cm³/mol. The van der Waals surface area contributed by atoms with E-state index in [1.165, 1.54) is 24.3 Å². The molecule has 0 aromatic heterocycles. The van der Waals surface area contributed by atoms with E-state index in [-0.39, 0.29) is 11.4 Å². The molecule has 0 heterocycles. The Morgan fingerprint density at radius 1 is 0.879 bits per heavy atom. The third-order valence-corrected chi connectivity index (χ3v) is 7.35. The fraction of sp³-hybridized carbons (Fsp3) is 0.115. The van der Waals surface area contributed by atoms with Crippen molar-refractivity contribution in [2.45, 2.75) is 18.4 Å². The predicted octanol–water partition coefficient (Wildman–Crippen LogP) is 5.31. The molecule has 0 aliphatic carbocycles. The molecular weight excluding hydrogens is 456 g/mol. The average molecular weight is 479 g/mol. The first kappa shape index (κ1) is 22.8. The summed E-state index contributed by atoms with van der Waals surface area (Å²) in [6.45, 7) is 1.87. The van der Waals surface area contributed by atoms with E-state index in [0.717, 1.165) is 26.2 Å². The Kier molecular flexibility index (Phi) is 6.67. The number of carbonyl (C=O) groups is 1. The molecule has 4 rings (SSSR count). The summed E-state index contributed by atoms with van der Waals surface area (Å²) in [6.07, 6.45) is 0. The summed E-state index contributed by atoms with van der Waals surface area (Å²) in [7, 11) is -3.98. The highest BCUT2D eigenvalue weighted by atomic mass is 35.5. The number of anilines is 1. The summed E-state index contributed by atoms with van der Waals surface area (Å²) in [5, 5.41) is 5.47. The van der Waals surface area contributed by atoms with E-state index >= 15 is 0 Å². The second-order valence-corrected chi connectivity index (χ2v) is 10.1. The van der Waals surface area contributed by atoms with Gasteiger partial charge in [-0.1, -0.05) is 65.7 Å². The molecule has 7 heteroatoms. The highest BCUT2D eigenvalue weighted by molar-refractivity contribution is 7.92. The van der Waals surface area contributed by atoms with Crippen molar-refractivity contribution in [2.24, 2.45) is 0 Å². The zero-order chi connectivity index (χ0) is 23.4. The first-order chi connectivity index (χ1) is 15.8. The fourth-order valence-electron chi connectivity index (χ4n) is 3.50. The molecule has 0 bridgehead atoms. The number of aryl methyl sites for hydroxylation is 1. The maximum absolute atomic E-state index is 13.4. The molecule has 0 saturated carbocycles. The number of hydrogen-bond donors (Lipinski definition) is 1. The van der Waals surface area contributed by atoms with E-state index in [1.54, 1.807) is 12.1 Å². The van der Waals surface area contributed by atoms with Crippen LogP contribution in [0.4, 0.5) is 5.69 Å². The van der Waals surface area contributed by atoms with Crippen molar-refractivity contribution in [3.8, 4) is 0 Å². The zero-order valence-electron chi connectivity index (χ0n) is 18.0. The Hall–Kier alpha value is -3.35. The number of rotatable bonds is 7. The van der Waals surface area contributed by atoms with Crippen LogP contribution >= 0.6 is 11.6 Å². The van der Waals surface area contributed by atoms with Crippen LogP contribution in [0.15, 0.2) is 95.9 Å². The zero-order valence-corrected chi connectivity index (χ0v) is 19.6. The van der Waals surface area contributed by atoms with E-state index < -0.39 is 15.9 Å². The van der Waals surface area contributed by atoms with Crippen LogP contribution in [0.3, 0.4) is 0 Å². The minimum atomic E-state index is -3.98. The van der Waals surface area contributed by atoms with Gasteiger partial charge in [-0.15, -0.1) is 0 Å². The minimum absolute atomic E-state index is 0.0646. The molecule has 0 fully saturated rings. The van der Waals surface area contributed by atoms with Crippen LogP contribution in [0, 0.1) is 6.92 Å². The SMILES string of the molecule is Cc1ccc(N(CC(=O)NCc2ccc3ccccc3c2)S(=O)(=O)c2ccc(Cl)cc2)cc1. The van der Waals surface area contributed by atoms with Gasteiger partial charge in [-0.3, -0.25) is 9.10 Å². The van der Waals surface area contributed by atoms with Crippen molar-refractivity contribution >= 4 is 44.0 Å². The summed E-state index contributed by atoms with van der Waals surface area (Å²) in [4.78, 5) is 12.9. The van der Waals surface area contributed by atoms with Crippen molar-refractivity contribution in [1.29, 1.82) is 0 Å². The van der Waals surface area contributed by atoms with Crippen molar-refractivity contribution in [2.75, 3.05) is 10.8 Å². The van der Waals surface area contributed by atoms with Crippen LogP contribution in [0.25, 0.3) is 10.8 Å². The van der Waals surface area contributed by atoms with Crippen molar-refractivity contribution in [1.82, 2.24) is 5.32 Å². The van der Waals surface area contributed by atoms with Crippen LogP contribution in [0.5, 0.6) is 0 Å². The van der Waals surface area contributed by atoms with Gasteiger partial charge in [0.1, 0.15) is 6.54 Å². The summed E-state index contributed by atoms with van der Waals surface area (Å²) >= 11 is 5.92. The quantitative estimate of drug-likeness (QED) is 0.391. The highest BCUT2D eigenvalue weighted by Crippen LogP contribution is 2.25. The van der Waals surface area contributed by atoms with Crippen molar-refractivity contribution in [3.63, 3.8) is 0 Å². The summed E-state index contributed by atoms with van der Waals surface area (Å²) in [6, 6.07) is 26.9. The topological polar surface area (TPSA) is 66.5 Å². The lowest BCUT2D eigenvalue weighted by Crippen LogP contribution is -2.40. The summed E-state index contributed by atoms with van der Waals surface area (Å²) in [5.41, 5.74) is 2.34. The Labute approximate surface area is 198 Å². The van der Waals surface area contributed by atoms with Gasteiger partial charge in [-0.05, 0) is 65.7 Å². The minimum Gasteiger partial charge on any atom is -0.350 e. The lowest BCUT2D eigenvalue weighted by molar-refractivity contribution is -0.119. The lowest BCUT2D eigenvalue weighted by atomic mass is 10.1. The van der Waals surface area contributed by atoms with E-state index in [2.05, 4.69) is 5.32 Å². The number of carbonyl (C=O) groups excluding carboxylic acids is 1. The maximum Gasteiger partial charge on any atom is 0.264 e. The molecule has 1 amide bonds. The number of nitrogens with zero attached hydrogens (tertiary/aromatic N) is 1. The summed E-state index contributed by atoms with van der Waals surface area (Å²) < 4.78 is 27.9. The first-order valence-corrected chi connectivity index (χ1v) is 12.2. The second kappa shape index (κ2) is 9.65. The van der Waals surface area contributed by atoms with Crippen LogP contribution in [0.1, 0.15) is 11.1 Å². The highest BCUT2D eigenvalue weighted by Gasteiger charge is 2.27. The molecular formula is C26H23ClN2O3S. The number of fused-ring (bicyclic) bond motifs is 1. The van der Waals surface area contributed by atoms with Gasteiger partial charge in [-0.25, -0.2) is 8.42 Å². The Bertz CT molecular complexity index is 1390. The van der Waals surface area contributed by atoms with Gasteiger partial charge in [0, 0.05) is 11.6 Å². The van der Waals surface area contributed by atoms with Crippen LogP contribution in [0.2, 0.25) is 5.02 Å². The van der Waals surface area contributed by atoms with Crippen LogP contribution < -0.4 is 9.62 Å². The van der Waals surface area contributed by atoms with E-state index in [9.17, 15) is 13.2 Å². The van der Waals surface area contributed by atoms with Gasteiger partial charge in [0.2, 0.25) is 5.91 Å². The third kappa shape index (κ3) is 5.35. The third-order valence-electron chi connectivity index (χ3n) is 5.31. The maximum atomic E-state index is 13.4. The monoisotopic (exact) mass is 478 g/mol. The molecule has 33 heavy (non-hydrogen) atoms. The van der Waals surface area contributed by atoms with E-state index in [4.69, 9.17) is 11.6 Å². The van der Waals surface area contributed by atoms with Gasteiger partial charge in [-0.2, -0.15) is 0 Å². The normalized spacial score (nSPS) is 11.3. The summed E-state index contributed by atoms with van der Waals surface area (Å²) in [5.74, 6) is -0.402. The molecule has 0 atom stereocenters. The van der Waals surface area contributed by atoms with Crippen molar-refractivity contribution in [3.05, 3.63) is 107 Å². The van der Waals surface area contributed by atoms with Gasteiger partial charge >= 0.3 is 0 Å². The Balaban J connectivity index is 1.55. The molecule has 0 aliphatic rings. The van der Waals surface area contributed by atoms with Gasteiger partial charge in [0.25, 0.3) is 10.0 Å². The molecule has 0 unspecified atom stereocenters. The van der Waals surface area contributed by atoms with Crippen LogP contribution in [-0.2, 0) is 21.4 Å². The van der Waals surface area contributed by atoms with E-state index in [1.807, 2.05) is 61.5 Å². The van der Waals surface area contributed by atoms with E-state index in [0.29, 0.717) is 17.3 Å². The number of halogens is 1. The average Bonchev–Trinajstić information content (AvgIpc) is 2.82. The number of sulfonamides is 1. The molecule has 4 aromatic carbocycles. The number of benzene rings is 4. The number of nitrogens with one attached hydrogen (secondary N) is 1. The van der Waals surface area contributed by atoms with Crippen LogP contribution in [-0.4, -0.2) is 20.9 Å². The van der Waals surface area contributed by atoms with Gasteiger partial charge in [0.15, 0.2) is 0 Å². The standard InChI is InChI=1S/C26H23ClN2O3S/c1-19-6-12-24(13-7-19)29(33(31,32)25-14-10-23(27)11-15-25)18-26(30)28-17-20-8-9-21-4-2-3-5-22(21)16-20/h2-16H,17-18H2,1H3,(H,28,30). The molecule has 5 nitrogen and oxygen atoms in total. The number of hydrogen-bond acceptors (Lipinski definition) is 3. The Morgan fingerprint density at radius 3 is 2.24 bits per heavy atom. The van der Waals surface area contributed by atoms with Gasteiger partial charge in [0.05, 0.1) is 10.6 Å². The molecule has 0 saturated heterocycles. The first-order valence-electron chi connectivity index (χ1n) is 10.4. The van der Waals surface area contributed by atoms with Crippen molar-refractivity contribution < 1.29 is 13.2 Å². The largest absolute Gasteiger partial charge is 0.350 e. The molecule has 4 aromatic rings. The fourth-order valence-corrected chi connectivity index (χ4v) is 5.04. The molecule has 1 N–H and O–H groups in total. The second-order valence-electron chi connectivity index (χ2n) is 7.76. The Morgan fingerprint density at radius 2 is 1.55 bits per heavy atom. The molecule has 0 spiro atoms. The molecule has 0 radical (unpaired) electrons. The number of amides is 1. The molecule has 0 aliphatic heterocycles. The lowest BCUT2D eigenvalue weighted by Gasteiger charge is -2.24. The molecule has 168 valence electrons.